The zero-order valence-electron chi connectivity index (χ0n) is 9.66. The van der Waals surface area contributed by atoms with Gasteiger partial charge in [0.15, 0.2) is 11.5 Å². The fourth-order valence-electron chi connectivity index (χ4n) is 1.35. The summed E-state index contributed by atoms with van der Waals surface area (Å²) >= 11 is 0. The van der Waals surface area contributed by atoms with Crippen molar-refractivity contribution < 1.29 is 14.3 Å². The fraction of sp³-hybridized carbons (Fsp3) is 0.364. The Morgan fingerprint density at radius 2 is 1.88 bits per heavy atom. The number of rotatable bonds is 4. The number of nitrogens with one attached hydrogen (secondary N) is 1. The van der Waals surface area contributed by atoms with E-state index in [0.29, 0.717) is 29.3 Å². The summed E-state index contributed by atoms with van der Waals surface area (Å²) in [7, 11) is 3.03. The number of nitrogens with two attached hydrogens (primary N) is 1. The van der Waals surface area contributed by atoms with Crippen molar-refractivity contribution in [3.05, 3.63) is 17.7 Å². The van der Waals surface area contributed by atoms with Crippen molar-refractivity contribution in [3.8, 4) is 11.5 Å². The zero-order valence-corrected chi connectivity index (χ0v) is 9.66. The molecule has 3 N–H and O–H groups in total. The molecule has 5 heteroatoms. The molecule has 0 atom stereocenters. The number of hydrogen-bond donors (Lipinski definition) is 2. The van der Waals surface area contributed by atoms with E-state index in [2.05, 4.69) is 5.32 Å². The minimum Gasteiger partial charge on any atom is -0.493 e. The molecule has 1 amide bonds. The van der Waals surface area contributed by atoms with Crippen molar-refractivity contribution in [2.75, 3.05) is 26.5 Å². The molecule has 5 nitrogen and oxygen atoms in total. The van der Waals surface area contributed by atoms with Crippen LogP contribution in [0.4, 0.5) is 5.69 Å². The Labute approximate surface area is 94.5 Å². The van der Waals surface area contributed by atoms with Gasteiger partial charge in [0.2, 0.25) is 0 Å². The molecule has 0 aromatic heterocycles. The van der Waals surface area contributed by atoms with E-state index in [0.717, 1.165) is 0 Å². The smallest absolute Gasteiger partial charge is 0.253 e. The number of carbonyl (C=O) groups excluding carboxylic acids is 1. The van der Waals surface area contributed by atoms with Crippen molar-refractivity contribution in [2.24, 2.45) is 0 Å². The van der Waals surface area contributed by atoms with Gasteiger partial charge in [0.05, 0.1) is 19.8 Å². The molecule has 0 fully saturated rings. The van der Waals surface area contributed by atoms with Crippen molar-refractivity contribution in [2.45, 2.75) is 6.92 Å². The van der Waals surface area contributed by atoms with Crippen molar-refractivity contribution in [3.63, 3.8) is 0 Å². The maximum absolute atomic E-state index is 11.6. The van der Waals surface area contributed by atoms with Crippen LogP contribution in [-0.2, 0) is 0 Å². The van der Waals surface area contributed by atoms with E-state index < -0.39 is 0 Å². The monoisotopic (exact) mass is 224 g/mol. The van der Waals surface area contributed by atoms with Crippen LogP contribution in [0.15, 0.2) is 12.1 Å². The van der Waals surface area contributed by atoms with Crippen LogP contribution in [-0.4, -0.2) is 26.7 Å². The van der Waals surface area contributed by atoms with Gasteiger partial charge in [0.1, 0.15) is 0 Å². The molecule has 1 aromatic carbocycles. The third kappa shape index (κ3) is 2.36. The van der Waals surface area contributed by atoms with Gasteiger partial charge in [0, 0.05) is 18.3 Å². The number of methoxy groups -OCH3 is 2. The molecular weight excluding hydrogens is 208 g/mol. The molecule has 16 heavy (non-hydrogen) atoms. The van der Waals surface area contributed by atoms with Gasteiger partial charge in [0.25, 0.3) is 5.91 Å². The Morgan fingerprint density at radius 1 is 1.31 bits per heavy atom. The topological polar surface area (TPSA) is 73.6 Å². The molecule has 0 saturated carbocycles. The summed E-state index contributed by atoms with van der Waals surface area (Å²) in [6, 6.07) is 3.14. The molecule has 0 heterocycles. The molecule has 0 radical (unpaired) electrons. The second-order valence-electron chi connectivity index (χ2n) is 3.15. The van der Waals surface area contributed by atoms with Gasteiger partial charge in [-0.3, -0.25) is 4.79 Å². The molecule has 88 valence electrons. The average molecular weight is 224 g/mol. The SMILES string of the molecule is CCNC(=O)c1cc(OC)c(OC)cc1N. The first-order valence-electron chi connectivity index (χ1n) is 4.93. The Morgan fingerprint density at radius 3 is 2.38 bits per heavy atom. The lowest BCUT2D eigenvalue weighted by Crippen LogP contribution is -2.23. The van der Waals surface area contributed by atoms with Gasteiger partial charge in [-0.2, -0.15) is 0 Å². The van der Waals surface area contributed by atoms with Crippen LogP contribution in [0, 0.1) is 0 Å². The van der Waals surface area contributed by atoms with Crippen molar-refractivity contribution in [1.29, 1.82) is 0 Å². The molecular formula is C11H16N2O3. The molecule has 0 bridgehead atoms. The Bertz CT molecular complexity index is 391. The number of carbonyl (C=O) groups is 1. The third-order valence-electron chi connectivity index (χ3n) is 2.14. The van der Waals surface area contributed by atoms with Gasteiger partial charge in [-0.05, 0) is 13.0 Å². The average Bonchev–Trinajstić information content (AvgIpc) is 2.28. The lowest BCUT2D eigenvalue weighted by atomic mass is 10.1. The molecule has 0 aliphatic heterocycles. The Kier molecular flexibility index (Phi) is 3.99. The number of anilines is 1. The summed E-state index contributed by atoms with van der Waals surface area (Å²) in [4.78, 5) is 11.6. The van der Waals surface area contributed by atoms with E-state index in [-0.39, 0.29) is 5.91 Å². The van der Waals surface area contributed by atoms with E-state index in [1.165, 1.54) is 14.2 Å². The summed E-state index contributed by atoms with van der Waals surface area (Å²) in [6.45, 7) is 2.39. The van der Waals surface area contributed by atoms with Gasteiger partial charge in [-0.25, -0.2) is 0 Å². The molecule has 0 saturated heterocycles. The number of benzene rings is 1. The zero-order chi connectivity index (χ0) is 12.1. The maximum Gasteiger partial charge on any atom is 0.253 e. The first kappa shape index (κ1) is 12.2. The van der Waals surface area contributed by atoms with Crippen molar-refractivity contribution in [1.82, 2.24) is 5.32 Å². The summed E-state index contributed by atoms with van der Waals surface area (Å²) in [6.07, 6.45) is 0. The Hall–Kier alpha value is -1.91. The highest BCUT2D eigenvalue weighted by Gasteiger charge is 2.14. The van der Waals surface area contributed by atoms with E-state index in [1.807, 2.05) is 6.92 Å². The van der Waals surface area contributed by atoms with Crippen LogP contribution in [0.25, 0.3) is 0 Å². The van der Waals surface area contributed by atoms with Gasteiger partial charge in [-0.15, -0.1) is 0 Å². The number of ether oxygens (including phenoxy) is 2. The fourth-order valence-corrected chi connectivity index (χ4v) is 1.35. The standard InChI is InChI=1S/C11H16N2O3/c1-4-13-11(14)7-5-9(15-2)10(16-3)6-8(7)12/h5-6H,4,12H2,1-3H3,(H,13,14). The van der Waals surface area contributed by atoms with Crippen LogP contribution in [0.1, 0.15) is 17.3 Å². The predicted octanol–water partition coefficient (Wildman–Crippen LogP) is 1.04. The number of amides is 1. The normalized spacial score (nSPS) is 9.69. The second-order valence-corrected chi connectivity index (χ2v) is 3.15. The molecule has 1 rings (SSSR count). The summed E-state index contributed by atoms with van der Waals surface area (Å²) in [5.74, 6) is 0.770. The maximum atomic E-state index is 11.6. The van der Waals surface area contributed by atoms with E-state index in [9.17, 15) is 4.79 Å². The van der Waals surface area contributed by atoms with Crippen LogP contribution in [0.2, 0.25) is 0 Å². The highest BCUT2D eigenvalue weighted by Crippen LogP contribution is 2.31. The minimum absolute atomic E-state index is 0.221. The van der Waals surface area contributed by atoms with E-state index >= 15 is 0 Å². The first-order chi connectivity index (χ1) is 7.63. The molecule has 0 unspecified atom stereocenters. The first-order valence-corrected chi connectivity index (χ1v) is 4.93. The van der Waals surface area contributed by atoms with E-state index in [4.69, 9.17) is 15.2 Å². The number of hydrogen-bond acceptors (Lipinski definition) is 4. The highest BCUT2D eigenvalue weighted by molar-refractivity contribution is 6.00. The minimum atomic E-state index is -0.221. The summed E-state index contributed by atoms with van der Waals surface area (Å²) in [5.41, 5.74) is 6.51. The van der Waals surface area contributed by atoms with Crippen molar-refractivity contribution >= 4 is 11.6 Å². The van der Waals surface area contributed by atoms with E-state index in [1.54, 1.807) is 12.1 Å². The largest absolute Gasteiger partial charge is 0.493 e. The molecule has 0 aliphatic carbocycles. The van der Waals surface area contributed by atoms with Gasteiger partial charge in [-0.1, -0.05) is 0 Å². The Balaban J connectivity index is 3.15. The molecule has 1 aromatic rings. The summed E-state index contributed by atoms with van der Waals surface area (Å²) in [5, 5.41) is 2.68. The number of nitrogen functional groups attached to an aromatic ring is 1. The molecule has 0 spiro atoms. The summed E-state index contributed by atoms with van der Waals surface area (Å²) < 4.78 is 10.2. The van der Waals surface area contributed by atoms with Crippen LogP contribution in [0.5, 0.6) is 11.5 Å². The highest BCUT2D eigenvalue weighted by atomic mass is 16.5. The third-order valence-corrected chi connectivity index (χ3v) is 2.14. The lowest BCUT2D eigenvalue weighted by molar-refractivity contribution is 0.0956. The van der Waals surface area contributed by atoms with Gasteiger partial charge >= 0.3 is 0 Å². The van der Waals surface area contributed by atoms with Crippen LogP contribution < -0.4 is 20.5 Å². The lowest BCUT2D eigenvalue weighted by Gasteiger charge is -2.11. The quantitative estimate of drug-likeness (QED) is 0.749. The predicted molar refractivity (Wildman–Crippen MR) is 62.0 cm³/mol. The second kappa shape index (κ2) is 5.25. The molecule has 0 aliphatic rings. The van der Waals surface area contributed by atoms with Gasteiger partial charge < -0.3 is 20.5 Å². The van der Waals surface area contributed by atoms with Crippen LogP contribution >= 0.6 is 0 Å². The van der Waals surface area contributed by atoms with Crippen LogP contribution in [0.3, 0.4) is 0 Å².